The number of piperidine rings is 1. The molecule has 0 radical (unpaired) electrons. The zero-order valence-corrected chi connectivity index (χ0v) is 14.5. The van der Waals surface area contributed by atoms with Crippen molar-refractivity contribution in [2.45, 2.75) is 52.6 Å². The maximum Gasteiger partial charge on any atom is 0.410 e. The van der Waals surface area contributed by atoms with Crippen LogP contribution >= 0.6 is 11.6 Å². The van der Waals surface area contributed by atoms with Crippen molar-refractivity contribution in [2.24, 2.45) is 5.92 Å². The molecule has 1 aliphatic rings. The van der Waals surface area contributed by atoms with Crippen molar-refractivity contribution in [1.82, 2.24) is 14.9 Å². The van der Waals surface area contributed by atoms with Gasteiger partial charge in [-0.3, -0.25) is 0 Å². The molecule has 1 aromatic rings. The Kier molecular flexibility index (Phi) is 5.27. The molecule has 6 heteroatoms. The van der Waals surface area contributed by atoms with Crippen molar-refractivity contribution in [3.8, 4) is 0 Å². The van der Waals surface area contributed by atoms with E-state index >= 15 is 0 Å². The van der Waals surface area contributed by atoms with E-state index in [4.69, 9.17) is 16.3 Å². The lowest BCUT2D eigenvalue weighted by Crippen LogP contribution is -2.42. The van der Waals surface area contributed by atoms with Crippen LogP contribution in [-0.4, -0.2) is 39.7 Å². The quantitative estimate of drug-likeness (QED) is 0.779. The summed E-state index contributed by atoms with van der Waals surface area (Å²) in [7, 11) is 0. The molecule has 0 bridgehead atoms. The van der Waals surface area contributed by atoms with Crippen molar-refractivity contribution in [2.75, 3.05) is 13.1 Å². The normalized spacial score (nSPS) is 16.7. The summed E-state index contributed by atoms with van der Waals surface area (Å²) in [6, 6.07) is 1.76. The monoisotopic (exact) mass is 325 g/mol. The smallest absolute Gasteiger partial charge is 0.410 e. The highest BCUT2D eigenvalue weighted by Gasteiger charge is 2.27. The van der Waals surface area contributed by atoms with Gasteiger partial charge < -0.3 is 9.64 Å². The van der Waals surface area contributed by atoms with Crippen molar-refractivity contribution >= 4 is 17.7 Å². The van der Waals surface area contributed by atoms with Gasteiger partial charge in [-0.1, -0.05) is 11.6 Å². The van der Waals surface area contributed by atoms with Gasteiger partial charge in [0.05, 0.1) is 0 Å². The standard InChI is InChI=1S/C16H24ClN3O2/c1-11-9-13(17)19-14(18-11)10-12-5-7-20(8-6-12)15(21)22-16(2,3)4/h9,12H,5-8,10H2,1-4H3. The lowest BCUT2D eigenvalue weighted by atomic mass is 9.93. The highest BCUT2D eigenvalue weighted by Crippen LogP contribution is 2.22. The second-order valence-corrected chi connectivity index (χ2v) is 7.25. The Hall–Kier alpha value is -1.36. The molecule has 0 aliphatic carbocycles. The second-order valence-electron chi connectivity index (χ2n) is 6.86. The Bertz CT molecular complexity index is 514. The summed E-state index contributed by atoms with van der Waals surface area (Å²) in [4.78, 5) is 22.5. The van der Waals surface area contributed by atoms with Crippen molar-refractivity contribution < 1.29 is 9.53 Å². The van der Waals surface area contributed by atoms with Gasteiger partial charge in [-0.2, -0.15) is 0 Å². The number of carbonyl (C=O) groups excluding carboxylic acids is 1. The Balaban J connectivity index is 1.86. The first-order valence-electron chi connectivity index (χ1n) is 7.71. The molecule has 2 rings (SSSR count). The average molecular weight is 326 g/mol. The number of carbonyl (C=O) groups is 1. The zero-order chi connectivity index (χ0) is 16.3. The van der Waals surface area contributed by atoms with Crippen LogP contribution in [0, 0.1) is 12.8 Å². The zero-order valence-electron chi connectivity index (χ0n) is 13.7. The summed E-state index contributed by atoms with van der Waals surface area (Å²) in [5.74, 6) is 1.28. The van der Waals surface area contributed by atoms with E-state index in [9.17, 15) is 4.79 Å². The van der Waals surface area contributed by atoms with Crippen LogP contribution in [0.2, 0.25) is 5.15 Å². The highest BCUT2D eigenvalue weighted by atomic mass is 35.5. The van der Waals surface area contributed by atoms with Gasteiger partial charge in [0, 0.05) is 25.2 Å². The van der Waals surface area contributed by atoms with Crippen molar-refractivity contribution in [1.29, 1.82) is 0 Å². The molecule has 0 aromatic carbocycles. The molecule has 2 heterocycles. The van der Waals surface area contributed by atoms with Gasteiger partial charge in [-0.15, -0.1) is 0 Å². The van der Waals surface area contributed by atoms with Gasteiger partial charge in [-0.05, 0) is 52.5 Å². The van der Waals surface area contributed by atoms with Crippen LogP contribution in [0.15, 0.2) is 6.07 Å². The molecule has 1 aromatic heterocycles. The molecule has 1 aliphatic heterocycles. The molecule has 1 saturated heterocycles. The number of hydrogen-bond donors (Lipinski definition) is 0. The molecule has 22 heavy (non-hydrogen) atoms. The second kappa shape index (κ2) is 6.82. The van der Waals surface area contributed by atoms with Crippen LogP contribution in [0.25, 0.3) is 0 Å². The van der Waals surface area contributed by atoms with E-state index in [2.05, 4.69) is 9.97 Å². The molecular formula is C16H24ClN3O2. The van der Waals surface area contributed by atoms with E-state index in [1.165, 1.54) is 0 Å². The van der Waals surface area contributed by atoms with Gasteiger partial charge in [0.2, 0.25) is 0 Å². The average Bonchev–Trinajstić information content (AvgIpc) is 2.36. The van der Waals surface area contributed by atoms with E-state index < -0.39 is 5.60 Å². The van der Waals surface area contributed by atoms with E-state index in [0.717, 1.165) is 43.9 Å². The summed E-state index contributed by atoms with van der Waals surface area (Å²) in [6.07, 6.45) is 2.46. The summed E-state index contributed by atoms with van der Waals surface area (Å²) in [6.45, 7) is 9.02. The minimum atomic E-state index is -0.444. The molecule has 5 nitrogen and oxygen atoms in total. The van der Waals surface area contributed by atoms with Gasteiger partial charge in [0.15, 0.2) is 0 Å². The van der Waals surface area contributed by atoms with Crippen molar-refractivity contribution in [3.63, 3.8) is 0 Å². The summed E-state index contributed by atoms with van der Waals surface area (Å²) < 4.78 is 5.41. The molecule has 0 N–H and O–H groups in total. The van der Waals surface area contributed by atoms with Crippen LogP contribution in [0.3, 0.4) is 0 Å². The topological polar surface area (TPSA) is 55.3 Å². The fourth-order valence-electron chi connectivity index (χ4n) is 2.58. The third kappa shape index (κ3) is 5.13. The van der Waals surface area contributed by atoms with Crippen LogP contribution in [0.4, 0.5) is 4.79 Å². The minimum absolute atomic E-state index is 0.221. The number of amides is 1. The summed E-state index contributed by atoms with van der Waals surface area (Å²) in [5, 5.41) is 0.494. The Labute approximate surface area is 137 Å². The van der Waals surface area contributed by atoms with Crippen molar-refractivity contribution in [3.05, 3.63) is 22.7 Å². The molecule has 0 unspecified atom stereocenters. The summed E-state index contributed by atoms with van der Waals surface area (Å²) >= 11 is 5.97. The number of hydrogen-bond acceptors (Lipinski definition) is 4. The van der Waals surface area contributed by atoms with Crippen LogP contribution in [-0.2, 0) is 11.2 Å². The molecular weight excluding hydrogens is 302 g/mol. The third-order valence-corrected chi connectivity index (χ3v) is 3.80. The lowest BCUT2D eigenvalue weighted by molar-refractivity contribution is 0.0184. The van der Waals surface area contributed by atoms with E-state index in [0.29, 0.717) is 11.1 Å². The lowest BCUT2D eigenvalue weighted by Gasteiger charge is -2.33. The molecule has 0 saturated carbocycles. The predicted octanol–water partition coefficient (Wildman–Crippen LogP) is 3.63. The number of ether oxygens (including phenoxy) is 1. The van der Waals surface area contributed by atoms with Gasteiger partial charge in [-0.25, -0.2) is 14.8 Å². The van der Waals surface area contributed by atoms with Crippen LogP contribution in [0.1, 0.15) is 45.1 Å². The SMILES string of the molecule is Cc1cc(Cl)nc(CC2CCN(C(=O)OC(C)(C)C)CC2)n1. The number of aryl methyl sites for hydroxylation is 1. The highest BCUT2D eigenvalue weighted by molar-refractivity contribution is 6.29. The molecule has 1 amide bonds. The molecule has 122 valence electrons. The van der Waals surface area contributed by atoms with Crippen LogP contribution in [0.5, 0.6) is 0 Å². The Morgan fingerprint density at radius 3 is 2.55 bits per heavy atom. The number of likely N-dealkylation sites (tertiary alicyclic amines) is 1. The molecule has 1 fully saturated rings. The third-order valence-electron chi connectivity index (χ3n) is 3.61. The first-order valence-corrected chi connectivity index (χ1v) is 8.09. The largest absolute Gasteiger partial charge is 0.444 e. The van der Waals surface area contributed by atoms with E-state index in [1.807, 2.05) is 27.7 Å². The fourth-order valence-corrected chi connectivity index (χ4v) is 2.84. The van der Waals surface area contributed by atoms with Gasteiger partial charge >= 0.3 is 6.09 Å². The first kappa shape index (κ1) is 17.0. The number of nitrogens with zero attached hydrogens (tertiary/aromatic N) is 3. The van der Waals surface area contributed by atoms with Gasteiger partial charge in [0.1, 0.15) is 16.6 Å². The molecule has 0 spiro atoms. The minimum Gasteiger partial charge on any atom is -0.444 e. The van der Waals surface area contributed by atoms with Gasteiger partial charge in [0.25, 0.3) is 0 Å². The number of halogens is 1. The Morgan fingerprint density at radius 1 is 1.36 bits per heavy atom. The number of rotatable bonds is 2. The van der Waals surface area contributed by atoms with E-state index in [-0.39, 0.29) is 6.09 Å². The summed E-state index contributed by atoms with van der Waals surface area (Å²) in [5.41, 5.74) is 0.446. The first-order chi connectivity index (χ1) is 10.2. The van der Waals surface area contributed by atoms with E-state index in [1.54, 1.807) is 11.0 Å². The maximum atomic E-state index is 12.0. The maximum absolute atomic E-state index is 12.0. The fraction of sp³-hybridized carbons (Fsp3) is 0.688. The predicted molar refractivity (Wildman–Crippen MR) is 86.0 cm³/mol. The Morgan fingerprint density at radius 2 is 2.00 bits per heavy atom. The molecule has 0 atom stereocenters. The van der Waals surface area contributed by atoms with Crippen LogP contribution < -0.4 is 0 Å². The number of aromatic nitrogens is 2.